The first-order valence-corrected chi connectivity index (χ1v) is 8.20. The molecular formula is C19H19N3O4. The van der Waals surface area contributed by atoms with E-state index in [-0.39, 0.29) is 12.5 Å². The van der Waals surface area contributed by atoms with Gasteiger partial charge < -0.3 is 14.8 Å². The maximum absolute atomic E-state index is 12.2. The van der Waals surface area contributed by atoms with Crippen LogP contribution < -0.4 is 20.2 Å². The number of hydrogen-bond acceptors (Lipinski definition) is 5. The van der Waals surface area contributed by atoms with Crippen LogP contribution in [0.1, 0.15) is 22.8 Å². The second-order valence-electron chi connectivity index (χ2n) is 5.64. The number of rotatable bonds is 5. The molecule has 26 heavy (non-hydrogen) atoms. The highest BCUT2D eigenvalue weighted by Crippen LogP contribution is 2.30. The van der Waals surface area contributed by atoms with Crippen LogP contribution in [0.5, 0.6) is 11.5 Å². The molecule has 0 aliphatic carbocycles. The molecule has 1 heterocycles. The predicted molar refractivity (Wildman–Crippen MR) is 96.6 cm³/mol. The van der Waals surface area contributed by atoms with Crippen molar-refractivity contribution in [2.75, 3.05) is 19.8 Å². The highest BCUT2D eigenvalue weighted by Gasteiger charge is 2.15. The average molecular weight is 353 g/mol. The van der Waals surface area contributed by atoms with E-state index in [1.165, 1.54) is 0 Å². The van der Waals surface area contributed by atoms with E-state index >= 15 is 0 Å². The van der Waals surface area contributed by atoms with Crippen molar-refractivity contribution in [3.63, 3.8) is 0 Å². The molecule has 2 aromatic carbocycles. The fourth-order valence-corrected chi connectivity index (χ4v) is 2.38. The summed E-state index contributed by atoms with van der Waals surface area (Å²) in [7, 11) is 0. The number of carbonyl (C=O) groups is 2. The van der Waals surface area contributed by atoms with Gasteiger partial charge in [0.2, 0.25) is 0 Å². The lowest BCUT2D eigenvalue weighted by Crippen LogP contribution is -2.35. The highest BCUT2D eigenvalue weighted by molar-refractivity contribution is 6.00. The minimum Gasteiger partial charge on any atom is -0.486 e. The van der Waals surface area contributed by atoms with Gasteiger partial charge >= 0.3 is 0 Å². The Labute approximate surface area is 151 Å². The molecule has 2 aromatic rings. The molecule has 2 amide bonds. The molecule has 0 radical (unpaired) electrons. The van der Waals surface area contributed by atoms with Crippen molar-refractivity contribution >= 4 is 17.5 Å². The second kappa shape index (κ2) is 8.15. The van der Waals surface area contributed by atoms with Gasteiger partial charge in [0, 0.05) is 5.56 Å². The van der Waals surface area contributed by atoms with Gasteiger partial charge in [-0.1, -0.05) is 30.3 Å². The first-order valence-electron chi connectivity index (χ1n) is 8.20. The largest absolute Gasteiger partial charge is 0.486 e. The van der Waals surface area contributed by atoms with Crippen molar-refractivity contribution < 1.29 is 19.1 Å². The molecule has 0 fully saturated rings. The van der Waals surface area contributed by atoms with E-state index in [1.807, 2.05) is 30.3 Å². The van der Waals surface area contributed by atoms with E-state index < -0.39 is 5.91 Å². The van der Waals surface area contributed by atoms with Crippen molar-refractivity contribution in [3.8, 4) is 11.5 Å². The quantitative estimate of drug-likeness (QED) is 0.633. The van der Waals surface area contributed by atoms with Gasteiger partial charge in [-0.2, -0.15) is 5.10 Å². The van der Waals surface area contributed by atoms with Gasteiger partial charge in [-0.05, 0) is 30.7 Å². The zero-order valence-electron chi connectivity index (χ0n) is 14.3. The molecule has 1 aliphatic heterocycles. The van der Waals surface area contributed by atoms with Gasteiger partial charge in [0.25, 0.3) is 11.8 Å². The summed E-state index contributed by atoms with van der Waals surface area (Å²) in [5.74, 6) is 0.347. The van der Waals surface area contributed by atoms with Gasteiger partial charge in [0.05, 0.1) is 12.3 Å². The standard InChI is InChI=1S/C19H19N3O4/c1-13(14-5-3-2-4-6-14)21-22-18(23)12-20-19(24)15-7-8-16-17(11-15)26-10-9-25-16/h2-8,11H,9-10,12H2,1H3,(H,20,24)(H,22,23). The maximum Gasteiger partial charge on any atom is 0.259 e. The van der Waals surface area contributed by atoms with Crippen LogP contribution in [-0.2, 0) is 4.79 Å². The monoisotopic (exact) mass is 353 g/mol. The summed E-state index contributed by atoms with van der Waals surface area (Å²) >= 11 is 0. The lowest BCUT2D eigenvalue weighted by molar-refractivity contribution is -0.120. The van der Waals surface area contributed by atoms with Crippen LogP contribution in [0.3, 0.4) is 0 Å². The zero-order valence-corrected chi connectivity index (χ0v) is 14.3. The number of benzene rings is 2. The second-order valence-corrected chi connectivity index (χ2v) is 5.64. The molecule has 0 saturated carbocycles. The molecule has 0 bridgehead atoms. The van der Waals surface area contributed by atoms with Crippen molar-refractivity contribution in [2.24, 2.45) is 5.10 Å². The smallest absolute Gasteiger partial charge is 0.259 e. The van der Waals surface area contributed by atoms with E-state index in [1.54, 1.807) is 25.1 Å². The van der Waals surface area contributed by atoms with Crippen molar-refractivity contribution in [2.45, 2.75) is 6.92 Å². The summed E-state index contributed by atoms with van der Waals surface area (Å²) in [6.45, 7) is 2.54. The molecule has 7 nitrogen and oxygen atoms in total. The summed E-state index contributed by atoms with van der Waals surface area (Å²) in [6, 6.07) is 14.4. The summed E-state index contributed by atoms with van der Waals surface area (Å²) in [5, 5.41) is 6.58. The number of amides is 2. The Bertz CT molecular complexity index is 834. The van der Waals surface area contributed by atoms with Crippen LogP contribution in [0.25, 0.3) is 0 Å². The Morgan fingerprint density at radius 2 is 1.73 bits per heavy atom. The highest BCUT2D eigenvalue weighted by atomic mass is 16.6. The third kappa shape index (κ3) is 4.38. The summed E-state index contributed by atoms with van der Waals surface area (Å²) in [4.78, 5) is 24.0. The Morgan fingerprint density at radius 1 is 1.00 bits per heavy atom. The minimum absolute atomic E-state index is 0.182. The molecular weight excluding hydrogens is 334 g/mol. The van der Waals surface area contributed by atoms with Gasteiger partial charge in [0.1, 0.15) is 13.2 Å². The van der Waals surface area contributed by atoms with Crippen molar-refractivity contribution in [3.05, 3.63) is 59.7 Å². The van der Waals surface area contributed by atoms with Gasteiger partial charge in [-0.25, -0.2) is 5.43 Å². The van der Waals surface area contributed by atoms with Gasteiger partial charge in [0.15, 0.2) is 11.5 Å². The Kier molecular flexibility index (Phi) is 5.48. The molecule has 0 spiro atoms. The fraction of sp³-hybridized carbons (Fsp3) is 0.211. The number of carbonyl (C=O) groups excluding carboxylic acids is 2. The topological polar surface area (TPSA) is 89.0 Å². The third-order valence-corrected chi connectivity index (χ3v) is 3.75. The summed E-state index contributed by atoms with van der Waals surface area (Å²) in [5.41, 5.74) is 4.41. The molecule has 7 heteroatoms. The van der Waals surface area contributed by atoms with Crippen LogP contribution in [0, 0.1) is 0 Å². The summed E-state index contributed by atoms with van der Waals surface area (Å²) in [6.07, 6.45) is 0. The number of hydrogen-bond donors (Lipinski definition) is 2. The van der Waals surface area contributed by atoms with Crippen molar-refractivity contribution in [1.82, 2.24) is 10.7 Å². The van der Waals surface area contributed by atoms with Crippen molar-refractivity contribution in [1.29, 1.82) is 0 Å². The molecule has 134 valence electrons. The lowest BCUT2D eigenvalue weighted by Gasteiger charge is -2.18. The number of nitrogens with zero attached hydrogens (tertiary/aromatic N) is 1. The Hall–Kier alpha value is -3.35. The molecule has 0 unspecified atom stereocenters. The fourth-order valence-electron chi connectivity index (χ4n) is 2.38. The Balaban J connectivity index is 1.52. The van der Waals surface area contributed by atoms with E-state index in [0.29, 0.717) is 36.0 Å². The van der Waals surface area contributed by atoms with E-state index in [9.17, 15) is 9.59 Å². The summed E-state index contributed by atoms with van der Waals surface area (Å²) < 4.78 is 10.9. The van der Waals surface area contributed by atoms with Crippen LogP contribution >= 0.6 is 0 Å². The maximum atomic E-state index is 12.2. The minimum atomic E-state index is -0.411. The third-order valence-electron chi connectivity index (χ3n) is 3.75. The van der Waals surface area contributed by atoms with Crippen LogP contribution in [-0.4, -0.2) is 37.3 Å². The zero-order chi connectivity index (χ0) is 18.4. The number of nitrogens with one attached hydrogen (secondary N) is 2. The lowest BCUT2D eigenvalue weighted by atomic mass is 10.1. The Morgan fingerprint density at radius 3 is 2.50 bits per heavy atom. The van der Waals surface area contributed by atoms with Gasteiger partial charge in [-0.15, -0.1) is 0 Å². The number of ether oxygens (including phenoxy) is 2. The predicted octanol–water partition coefficient (Wildman–Crippen LogP) is 1.73. The average Bonchev–Trinajstić information content (AvgIpc) is 2.70. The van der Waals surface area contributed by atoms with Crippen LogP contribution in [0.4, 0.5) is 0 Å². The van der Waals surface area contributed by atoms with Crippen LogP contribution in [0.2, 0.25) is 0 Å². The molecule has 1 aliphatic rings. The van der Waals surface area contributed by atoms with E-state index in [4.69, 9.17) is 9.47 Å². The first kappa shape index (κ1) is 17.5. The molecule has 0 saturated heterocycles. The number of fused-ring (bicyclic) bond motifs is 1. The first-order chi connectivity index (χ1) is 12.6. The normalized spacial score (nSPS) is 13.0. The molecule has 3 rings (SSSR count). The SMILES string of the molecule is CC(=NNC(=O)CNC(=O)c1ccc2c(c1)OCCO2)c1ccccc1. The van der Waals surface area contributed by atoms with Crippen LogP contribution in [0.15, 0.2) is 53.6 Å². The van der Waals surface area contributed by atoms with Gasteiger partial charge in [-0.3, -0.25) is 9.59 Å². The number of hydrazone groups is 1. The molecule has 0 atom stereocenters. The molecule has 0 aromatic heterocycles. The van der Waals surface area contributed by atoms with E-state index in [0.717, 1.165) is 5.56 Å². The molecule has 2 N–H and O–H groups in total. The van der Waals surface area contributed by atoms with E-state index in [2.05, 4.69) is 15.8 Å².